The van der Waals surface area contributed by atoms with Gasteiger partial charge in [0.2, 0.25) is 5.91 Å². The summed E-state index contributed by atoms with van der Waals surface area (Å²) in [5.74, 6) is -0.735. The summed E-state index contributed by atoms with van der Waals surface area (Å²) in [6.45, 7) is 1.42. The molecule has 0 atom stereocenters. The number of amides is 2. The largest absolute Gasteiger partial charge is 0.332 e. The summed E-state index contributed by atoms with van der Waals surface area (Å²) in [6.07, 6.45) is 0. The molecule has 25 heavy (non-hydrogen) atoms. The van der Waals surface area contributed by atoms with Crippen LogP contribution in [0.25, 0.3) is 0 Å². The normalized spacial score (nSPS) is 10.2. The number of aryl methyl sites for hydroxylation is 1. The number of hydrogen-bond acceptors (Lipinski definition) is 4. The number of anilines is 1. The molecule has 2 aromatic carbocycles. The maximum absolute atomic E-state index is 12.4. The predicted octanol–water partition coefficient (Wildman–Crippen LogP) is 3.38. The number of nitro benzene ring substituents is 1. The van der Waals surface area contributed by atoms with E-state index >= 15 is 0 Å². The average Bonchev–Trinajstić information content (AvgIpc) is 2.55. The second-order valence-corrected chi connectivity index (χ2v) is 6.30. The van der Waals surface area contributed by atoms with E-state index < -0.39 is 4.92 Å². The lowest BCUT2D eigenvalue weighted by molar-refractivity contribution is -0.385. The Hall–Kier alpha value is -2.74. The molecule has 0 aliphatic carbocycles. The fourth-order valence-corrected chi connectivity index (χ4v) is 2.64. The molecule has 2 rings (SSSR count). The van der Waals surface area contributed by atoms with Crippen LogP contribution < -0.4 is 5.32 Å². The van der Waals surface area contributed by atoms with Gasteiger partial charge in [-0.1, -0.05) is 12.1 Å². The minimum Gasteiger partial charge on any atom is -0.332 e. The molecule has 0 unspecified atom stereocenters. The average molecular weight is 406 g/mol. The van der Waals surface area contributed by atoms with Crippen LogP contribution in [0.2, 0.25) is 0 Å². The highest BCUT2D eigenvalue weighted by molar-refractivity contribution is 9.10. The Bertz CT molecular complexity index is 838. The van der Waals surface area contributed by atoms with E-state index in [4.69, 9.17) is 0 Å². The molecule has 0 heterocycles. The van der Waals surface area contributed by atoms with Crippen LogP contribution in [0.1, 0.15) is 15.9 Å². The van der Waals surface area contributed by atoms with E-state index in [1.807, 2.05) is 6.07 Å². The second-order valence-electron chi connectivity index (χ2n) is 5.45. The topological polar surface area (TPSA) is 92.6 Å². The Kier molecular flexibility index (Phi) is 5.87. The first-order valence-corrected chi connectivity index (χ1v) is 8.13. The number of rotatable bonds is 5. The van der Waals surface area contributed by atoms with Crippen LogP contribution in [0.5, 0.6) is 0 Å². The fourth-order valence-electron chi connectivity index (χ4n) is 2.25. The van der Waals surface area contributed by atoms with Crippen molar-refractivity contribution in [2.45, 2.75) is 6.92 Å². The molecule has 1 N–H and O–H groups in total. The Labute approximate surface area is 152 Å². The van der Waals surface area contributed by atoms with Gasteiger partial charge in [0, 0.05) is 28.7 Å². The van der Waals surface area contributed by atoms with Gasteiger partial charge in [0.25, 0.3) is 11.6 Å². The lowest BCUT2D eigenvalue weighted by Crippen LogP contribution is -2.35. The number of benzene rings is 2. The van der Waals surface area contributed by atoms with Crippen LogP contribution in [-0.4, -0.2) is 35.2 Å². The molecule has 7 nitrogen and oxygen atoms in total. The first kappa shape index (κ1) is 18.6. The summed E-state index contributed by atoms with van der Waals surface area (Å²) < 4.78 is 0.739. The van der Waals surface area contributed by atoms with Crippen LogP contribution in [0, 0.1) is 17.0 Å². The van der Waals surface area contributed by atoms with Crippen molar-refractivity contribution in [1.82, 2.24) is 4.90 Å². The van der Waals surface area contributed by atoms with Gasteiger partial charge in [-0.05, 0) is 47.1 Å². The molecule has 0 aromatic heterocycles. The van der Waals surface area contributed by atoms with Crippen LogP contribution in [0.4, 0.5) is 11.4 Å². The summed E-state index contributed by atoms with van der Waals surface area (Å²) >= 11 is 3.33. The number of carbonyl (C=O) groups excluding carboxylic acids is 2. The van der Waals surface area contributed by atoms with Crippen LogP contribution in [0.3, 0.4) is 0 Å². The third kappa shape index (κ3) is 4.63. The summed E-state index contributed by atoms with van der Waals surface area (Å²) in [5.41, 5.74) is 1.24. The summed E-state index contributed by atoms with van der Waals surface area (Å²) in [4.78, 5) is 36.1. The summed E-state index contributed by atoms with van der Waals surface area (Å²) in [6, 6.07) is 11.3. The number of nitro groups is 1. The minimum atomic E-state index is -0.502. The molecular weight excluding hydrogens is 390 g/mol. The lowest BCUT2D eigenvalue weighted by Gasteiger charge is -2.17. The van der Waals surface area contributed by atoms with Crippen molar-refractivity contribution in [3.05, 3.63) is 68.2 Å². The molecule has 0 saturated carbocycles. The van der Waals surface area contributed by atoms with Gasteiger partial charge in [0.05, 0.1) is 17.2 Å². The number of nitrogens with zero attached hydrogens (tertiary/aromatic N) is 2. The van der Waals surface area contributed by atoms with Gasteiger partial charge in [0.1, 0.15) is 0 Å². The van der Waals surface area contributed by atoms with E-state index in [1.165, 1.54) is 30.1 Å². The van der Waals surface area contributed by atoms with Crippen molar-refractivity contribution < 1.29 is 14.5 Å². The highest BCUT2D eigenvalue weighted by Crippen LogP contribution is 2.21. The van der Waals surface area contributed by atoms with Gasteiger partial charge >= 0.3 is 0 Å². The van der Waals surface area contributed by atoms with Gasteiger partial charge in [-0.25, -0.2) is 0 Å². The molecule has 0 bridgehead atoms. The van der Waals surface area contributed by atoms with E-state index in [0.717, 1.165) is 4.47 Å². The molecule has 0 aliphatic rings. The molecule has 0 aliphatic heterocycles. The monoisotopic (exact) mass is 405 g/mol. The first-order chi connectivity index (χ1) is 11.8. The van der Waals surface area contributed by atoms with Crippen molar-refractivity contribution in [2.24, 2.45) is 0 Å². The van der Waals surface area contributed by atoms with Crippen molar-refractivity contribution in [2.75, 3.05) is 18.9 Å². The highest BCUT2D eigenvalue weighted by Gasteiger charge is 2.18. The molecule has 0 spiro atoms. The summed E-state index contributed by atoms with van der Waals surface area (Å²) in [7, 11) is 1.50. The number of nitrogens with one attached hydrogen (secondary N) is 1. The third-order valence-electron chi connectivity index (χ3n) is 3.52. The van der Waals surface area contributed by atoms with Crippen molar-refractivity contribution in [3.63, 3.8) is 0 Å². The fraction of sp³-hybridized carbons (Fsp3) is 0.176. The molecule has 8 heteroatoms. The van der Waals surface area contributed by atoms with E-state index in [0.29, 0.717) is 16.8 Å². The quantitative estimate of drug-likeness (QED) is 0.609. The number of para-hydroxylation sites is 1. The summed E-state index contributed by atoms with van der Waals surface area (Å²) in [5, 5.41) is 13.6. The molecule has 0 fully saturated rings. The smallest absolute Gasteiger partial charge is 0.272 e. The zero-order valence-electron chi connectivity index (χ0n) is 13.7. The van der Waals surface area contributed by atoms with Gasteiger partial charge in [-0.15, -0.1) is 0 Å². The highest BCUT2D eigenvalue weighted by atomic mass is 79.9. The van der Waals surface area contributed by atoms with Gasteiger partial charge in [0.15, 0.2) is 0 Å². The van der Waals surface area contributed by atoms with Crippen LogP contribution >= 0.6 is 15.9 Å². The Morgan fingerprint density at radius 3 is 2.52 bits per heavy atom. The number of likely N-dealkylation sites (N-methyl/N-ethyl adjacent to an activating group) is 1. The molecular formula is C17H16BrN3O4. The number of carbonyl (C=O) groups is 2. The number of hydrogen-bond donors (Lipinski definition) is 1. The van der Waals surface area contributed by atoms with E-state index in [2.05, 4.69) is 21.2 Å². The maximum atomic E-state index is 12.4. The van der Waals surface area contributed by atoms with Crippen LogP contribution in [0.15, 0.2) is 46.9 Å². The lowest BCUT2D eigenvalue weighted by atomic mass is 10.1. The molecule has 130 valence electrons. The number of halogens is 1. The van der Waals surface area contributed by atoms with Crippen molar-refractivity contribution in [1.29, 1.82) is 0 Å². The van der Waals surface area contributed by atoms with E-state index in [-0.39, 0.29) is 24.0 Å². The predicted molar refractivity (Wildman–Crippen MR) is 97.6 cm³/mol. The molecule has 2 amide bonds. The zero-order chi connectivity index (χ0) is 18.6. The van der Waals surface area contributed by atoms with Gasteiger partial charge in [-0.3, -0.25) is 19.7 Å². The van der Waals surface area contributed by atoms with Gasteiger partial charge in [-0.2, -0.15) is 0 Å². The minimum absolute atomic E-state index is 0.0501. The van der Waals surface area contributed by atoms with Crippen molar-refractivity contribution in [3.8, 4) is 0 Å². The first-order valence-electron chi connectivity index (χ1n) is 7.34. The maximum Gasteiger partial charge on any atom is 0.272 e. The molecule has 2 aromatic rings. The zero-order valence-corrected chi connectivity index (χ0v) is 15.2. The van der Waals surface area contributed by atoms with Crippen LogP contribution in [-0.2, 0) is 4.79 Å². The molecule has 0 radical (unpaired) electrons. The standard InChI is InChI=1S/C17H16BrN3O4/c1-11-9-12(7-8-15(11)21(24)25)17(23)20(2)10-16(22)19-14-6-4-3-5-13(14)18/h3-9H,10H2,1-2H3,(H,19,22). The SMILES string of the molecule is Cc1cc(C(=O)N(C)CC(=O)Nc2ccccc2Br)ccc1[N+](=O)[O-]. The second kappa shape index (κ2) is 7.89. The van der Waals surface area contributed by atoms with Gasteiger partial charge < -0.3 is 10.2 Å². The Morgan fingerprint density at radius 1 is 1.24 bits per heavy atom. The van der Waals surface area contributed by atoms with Crippen molar-refractivity contribution >= 4 is 39.1 Å². The Morgan fingerprint density at radius 2 is 1.92 bits per heavy atom. The Balaban J connectivity index is 2.05. The van der Waals surface area contributed by atoms with E-state index in [1.54, 1.807) is 25.1 Å². The molecule has 0 saturated heterocycles. The third-order valence-corrected chi connectivity index (χ3v) is 4.21. The van der Waals surface area contributed by atoms with E-state index in [9.17, 15) is 19.7 Å².